The Hall–Kier alpha value is -1.43. The van der Waals surface area contributed by atoms with Crippen molar-refractivity contribution in [1.82, 2.24) is 14.9 Å². The summed E-state index contributed by atoms with van der Waals surface area (Å²) in [5.74, 6) is 0.372. The molecule has 0 aliphatic heterocycles. The Bertz CT molecular complexity index is 373. The van der Waals surface area contributed by atoms with E-state index in [-0.39, 0.29) is 5.82 Å². The van der Waals surface area contributed by atoms with Gasteiger partial charge in [-0.25, -0.2) is 0 Å². The maximum absolute atomic E-state index is 10.4. The summed E-state index contributed by atoms with van der Waals surface area (Å²) in [6.07, 6.45) is 5.56. The van der Waals surface area contributed by atoms with E-state index in [9.17, 15) is 10.1 Å². The predicted molar refractivity (Wildman–Crippen MR) is 59.1 cm³/mol. The molecule has 0 saturated heterocycles. The summed E-state index contributed by atoms with van der Waals surface area (Å²) in [6.45, 7) is 3.85. The number of aromatic nitrogens is 2. The maximum atomic E-state index is 10.4. The molecule has 0 spiro atoms. The molecule has 1 saturated carbocycles. The minimum absolute atomic E-state index is 0.0812. The van der Waals surface area contributed by atoms with Crippen LogP contribution in [0.5, 0.6) is 0 Å². The summed E-state index contributed by atoms with van der Waals surface area (Å²) in [5.41, 5.74) is 0. The first-order valence-corrected chi connectivity index (χ1v) is 5.54. The first-order valence-electron chi connectivity index (χ1n) is 5.54. The number of nitrogens with zero attached hydrogens (tertiary/aromatic N) is 3. The van der Waals surface area contributed by atoms with Crippen molar-refractivity contribution in [2.24, 2.45) is 5.92 Å². The molecular formula is C10H16N4O2. The Kier molecular flexibility index (Phi) is 3.19. The third kappa shape index (κ3) is 3.03. The second-order valence-electron chi connectivity index (χ2n) is 4.47. The van der Waals surface area contributed by atoms with Crippen LogP contribution in [0.2, 0.25) is 0 Å². The molecule has 88 valence electrons. The van der Waals surface area contributed by atoms with E-state index < -0.39 is 4.92 Å². The Labute approximate surface area is 93.8 Å². The summed E-state index contributed by atoms with van der Waals surface area (Å²) in [6, 6.07) is 0.708. The molecule has 6 nitrogen and oxygen atoms in total. The van der Waals surface area contributed by atoms with Gasteiger partial charge in [0.15, 0.2) is 0 Å². The monoisotopic (exact) mass is 224 g/mol. The first-order chi connectivity index (χ1) is 7.65. The van der Waals surface area contributed by atoms with Crippen molar-refractivity contribution in [1.29, 1.82) is 0 Å². The van der Waals surface area contributed by atoms with E-state index >= 15 is 0 Å². The van der Waals surface area contributed by atoms with Gasteiger partial charge in [-0.2, -0.15) is 0 Å². The van der Waals surface area contributed by atoms with Gasteiger partial charge < -0.3 is 20.0 Å². The van der Waals surface area contributed by atoms with Gasteiger partial charge in [-0.15, -0.1) is 0 Å². The van der Waals surface area contributed by atoms with E-state index in [0.29, 0.717) is 12.0 Å². The summed E-state index contributed by atoms with van der Waals surface area (Å²) >= 11 is 0. The Morgan fingerprint density at radius 2 is 2.50 bits per heavy atom. The molecule has 1 fully saturated rings. The van der Waals surface area contributed by atoms with Crippen molar-refractivity contribution in [2.75, 3.05) is 6.54 Å². The lowest BCUT2D eigenvalue weighted by Crippen LogP contribution is -2.25. The van der Waals surface area contributed by atoms with Crippen LogP contribution in [-0.2, 0) is 6.54 Å². The van der Waals surface area contributed by atoms with Gasteiger partial charge in [0, 0.05) is 12.6 Å². The Morgan fingerprint density at radius 1 is 1.75 bits per heavy atom. The lowest BCUT2D eigenvalue weighted by molar-refractivity contribution is -0.389. The predicted octanol–water partition coefficient (Wildman–Crippen LogP) is 1.18. The van der Waals surface area contributed by atoms with Crippen LogP contribution < -0.4 is 5.32 Å². The molecule has 0 radical (unpaired) electrons. The maximum Gasteiger partial charge on any atom is 0.381 e. The van der Waals surface area contributed by atoms with Crippen LogP contribution in [0.25, 0.3) is 0 Å². The summed E-state index contributed by atoms with van der Waals surface area (Å²) in [7, 11) is 0. The molecule has 1 heterocycles. The summed E-state index contributed by atoms with van der Waals surface area (Å²) < 4.78 is 1.78. The van der Waals surface area contributed by atoms with Gasteiger partial charge in [-0.3, -0.25) is 0 Å². The van der Waals surface area contributed by atoms with Gasteiger partial charge in [-0.1, -0.05) is 6.92 Å². The Balaban J connectivity index is 1.79. The number of nitro groups is 1. The molecule has 0 aromatic carbocycles. The standard InChI is InChI=1S/C10H16N4O2/c1-8(4-11-9-2-3-9)5-13-6-10(12-7-13)14(15)16/h6-9,11H,2-5H2,1H3. The number of hydrogen-bond acceptors (Lipinski definition) is 4. The van der Waals surface area contributed by atoms with Gasteiger partial charge in [0.25, 0.3) is 0 Å². The molecule has 1 unspecified atom stereocenters. The van der Waals surface area contributed by atoms with Crippen LogP contribution in [-0.4, -0.2) is 27.1 Å². The highest BCUT2D eigenvalue weighted by Gasteiger charge is 2.21. The lowest BCUT2D eigenvalue weighted by atomic mass is 10.2. The fraction of sp³-hybridized carbons (Fsp3) is 0.700. The molecule has 1 N–H and O–H groups in total. The molecule has 1 aromatic heterocycles. The smallest absolute Gasteiger partial charge is 0.358 e. The van der Waals surface area contributed by atoms with Gasteiger partial charge in [0.05, 0.1) is 0 Å². The third-order valence-electron chi connectivity index (χ3n) is 2.66. The largest absolute Gasteiger partial charge is 0.381 e. The number of rotatable bonds is 6. The third-order valence-corrected chi connectivity index (χ3v) is 2.66. The fourth-order valence-corrected chi connectivity index (χ4v) is 1.62. The zero-order chi connectivity index (χ0) is 11.5. The molecular weight excluding hydrogens is 208 g/mol. The second-order valence-corrected chi connectivity index (χ2v) is 4.47. The van der Waals surface area contributed by atoms with Crippen LogP contribution in [0.15, 0.2) is 12.5 Å². The molecule has 1 aliphatic carbocycles. The van der Waals surface area contributed by atoms with Crippen molar-refractivity contribution < 1.29 is 4.92 Å². The first kappa shape index (κ1) is 11.1. The lowest BCUT2D eigenvalue weighted by Gasteiger charge is -2.11. The zero-order valence-corrected chi connectivity index (χ0v) is 9.30. The topological polar surface area (TPSA) is 73.0 Å². The van der Waals surface area contributed by atoms with Crippen molar-refractivity contribution in [2.45, 2.75) is 32.4 Å². The molecule has 2 rings (SSSR count). The van der Waals surface area contributed by atoms with Gasteiger partial charge in [-0.05, 0) is 35.2 Å². The van der Waals surface area contributed by atoms with Crippen molar-refractivity contribution in [3.05, 3.63) is 22.6 Å². The minimum Gasteiger partial charge on any atom is -0.358 e. The molecule has 1 aliphatic rings. The number of hydrogen-bond donors (Lipinski definition) is 1. The zero-order valence-electron chi connectivity index (χ0n) is 9.30. The average molecular weight is 224 g/mol. The minimum atomic E-state index is -0.469. The summed E-state index contributed by atoms with van der Waals surface area (Å²) in [4.78, 5) is 13.7. The molecule has 1 aromatic rings. The van der Waals surface area contributed by atoms with Crippen LogP contribution in [0, 0.1) is 16.0 Å². The molecule has 1 atom stereocenters. The highest BCUT2D eigenvalue weighted by atomic mass is 16.6. The van der Waals surface area contributed by atoms with E-state index in [1.54, 1.807) is 4.57 Å². The highest BCUT2D eigenvalue weighted by molar-refractivity contribution is 5.12. The molecule has 0 bridgehead atoms. The average Bonchev–Trinajstić information content (AvgIpc) is 2.95. The SMILES string of the molecule is CC(CNC1CC1)Cn1cnc([N+](=O)[O-])c1. The molecule has 6 heteroatoms. The van der Waals surface area contributed by atoms with E-state index in [1.165, 1.54) is 25.4 Å². The van der Waals surface area contributed by atoms with Gasteiger partial charge >= 0.3 is 5.82 Å². The number of nitrogens with one attached hydrogen (secondary N) is 1. The van der Waals surface area contributed by atoms with Crippen molar-refractivity contribution >= 4 is 5.82 Å². The van der Waals surface area contributed by atoms with Crippen molar-refractivity contribution in [3.8, 4) is 0 Å². The molecule has 16 heavy (non-hydrogen) atoms. The van der Waals surface area contributed by atoms with Crippen LogP contribution in [0.3, 0.4) is 0 Å². The fourth-order valence-electron chi connectivity index (χ4n) is 1.62. The molecule has 0 amide bonds. The van der Waals surface area contributed by atoms with E-state index in [0.717, 1.165) is 13.1 Å². The van der Waals surface area contributed by atoms with Crippen molar-refractivity contribution in [3.63, 3.8) is 0 Å². The normalized spacial score (nSPS) is 17.3. The van der Waals surface area contributed by atoms with E-state index in [4.69, 9.17) is 0 Å². The second kappa shape index (κ2) is 4.61. The van der Waals surface area contributed by atoms with Gasteiger partial charge in [0.1, 0.15) is 6.20 Å². The van der Waals surface area contributed by atoms with E-state index in [1.807, 2.05) is 0 Å². The highest BCUT2D eigenvalue weighted by Crippen LogP contribution is 2.19. The van der Waals surface area contributed by atoms with Crippen LogP contribution in [0.1, 0.15) is 19.8 Å². The number of imidazole rings is 1. The summed E-state index contributed by atoms with van der Waals surface area (Å²) in [5, 5.41) is 13.9. The Morgan fingerprint density at radius 3 is 3.06 bits per heavy atom. The quantitative estimate of drug-likeness (QED) is 0.581. The van der Waals surface area contributed by atoms with Crippen LogP contribution in [0.4, 0.5) is 5.82 Å². The van der Waals surface area contributed by atoms with E-state index in [2.05, 4.69) is 17.2 Å². The van der Waals surface area contributed by atoms with Gasteiger partial charge in [0.2, 0.25) is 6.33 Å². The van der Waals surface area contributed by atoms with Crippen LogP contribution >= 0.6 is 0 Å².